The Labute approximate surface area is 174 Å². The minimum absolute atomic E-state index is 0.106. The summed E-state index contributed by atoms with van der Waals surface area (Å²) in [6.07, 6.45) is 1.51. The Balaban J connectivity index is 1.40. The Morgan fingerprint density at radius 3 is 2.40 bits per heavy atom. The van der Waals surface area contributed by atoms with Gasteiger partial charge in [-0.15, -0.1) is 10.2 Å². The summed E-state index contributed by atoms with van der Waals surface area (Å²) in [6, 6.07) is 14.3. The third-order valence-electron chi connectivity index (χ3n) is 5.88. The van der Waals surface area contributed by atoms with Crippen molar-refractivity contribution in [2.75, 3.05) is 37.7 Å². The van der Waals surface area contributed by atoms with Gasteiger partial charge in [0.1, 0.15) is 17.6 Å². The third kappa shape index (κ3) is 3.50. The molecule has 0 radical (unpaired) electrons. The van der Waals surface area contributed by atoms with E-state index in [9.17, 15) is 9.18 Å². The van der Waals surface area contributed by atoms with Gasteiger partial charge in [-0.3, -0.25) is 4.79 Å². The lowest BCUT2D eigenvalue weighted by Crippen LogP contribution is -2.51. The van der Waals surface area contributed by atoms with Crippen LogP contribution in [0.3, 0.4) is 0 Å². The molecule has 0 spiro atoms. The number of halogens is 1. The first-order chi connectivity index (χ1) is 14.7. The first-order valence-corrected chi connectivity index (χ1v) is 10.4. The van der Waals surface area contributed by atoms with Crippen LogP contribution in [0.1, 0.15) is 12.8 Å². The van der Waals surface area contributed by atoms with E-state index in [1.807, 2.05) is 29.2 Å². The highest BCUT2D eigenvalue weighted by Crippen LogP contribution is 2.32. The highest BCUT2D eigenvalue weighted by Gasteiger charge is 2.31. The van der Waals surface area contributed by atoms with Gasteiger partial charge in [0, 0.05) is 49.1 Å². The maximum absolute atomic E-state index is 13.3. The summed E-state index contributed by atoms with van der Waals surface area (Å²) in [5.41, 5.74) is 1.57. The van der Waals surface area contributed by atoms with E-state index >= 15 is 0 Å². The van der Waals surface area contributed by atoms with Gasteiger partial charge in [-0.25, -0.2) is 4.39 Å². The van der Waals surface area contributed by atoms with Crippen molar-refractivity contribution in [3.8, 4) is 11.3 Å². The highest BCUT2D eigenvalue weighted by molar-refractivity contribution is 6.00. The van der Waals surface area contributed by atoms with E-state index in [-0.39, 0.29) is 17.8 Å². The van der Waals surface area contributed by atoms with E-state index in [0.29, 0.717) is 32.8 Å². The smallest absolute Gasteiger partial charge is 0.251 e. The van der Waals surface area contributed by atoms with Crippen molar-refractivity contribution in [1.82, 2.24) is 15.1 Å². The molecule has 7 heteroatoms. The molecule has 2 aliphatic heterocycles. The van der Waals surface area contributed by atoms with Crippen molar-refractivity contribution >= 4 is 22.5 Å². The lowest BCUT2D eigenvalue weighted by molar-refractivity contribution is -0.141. The van der Waals surface area contributed by atoms with Crippen LogP contribution in [0.25, 0.3) is 22.0 Å². The second kappa shape index (κ2) is 7.99. The number of rotatable bonds is 3. The zero-order valence-corrected chi connectivity index (χ0v) is 16.6. The summed E-state index contributed by atoms with van der Waals surface area (Å²) < 4.78 is 18.9. The SMILES string of the molecule is O=C([C@@H]1CCCO1)N1CCN(c2nnc(-c3ccc(F)cc3)c3ccccc23)CC1. The molecule has 2 aromatic carbocycles. The molecule has 2 fully saturated rings. The van der Waals surface area contributed by atoms with Gasteiger partial charge < -0.3 is 14.5 Å². The number of carbonyl (C=O) groups is 1. The Morgan fingerprint density at radius 1 is 0.967 bits per heavy atom. The van der Waals surface area contributed by atoms with E-state index in [1.165, 1.54) is 12.1 Å². The lowest BCUT2D eigenvalue weighted by Gasteiger charge is -2.36. The number of amides is 1. The zero-order chi connectivity index (χ0) is 20.5. The average Bonchev–Trinajstić information content (AvgIpc) is 3.34. The largest absolute Gasteiger partial charge is 0.368 e. The molecule has 2 saturated heterocycles. The van der Waals surface area contributed by atoms with Crippen LogP contribution < -0.4 is 4.90 Å². The number of nitrogens with zero attached hydrogens (tertiary/aromatic N) is 4. The van der Waals surface area contributed by atoms with Gasteiger partial charge in [0.05, 0.1) is 0 Å². The number of carbonyl (C=O) groups excluding carboxylic acids is 1. The molecular weight excluding hydrogens is 383 g/mol. The molecule has 0 aliphatic carbocycles. The third-order valence-corrected chi connectivity index (χ3v) is 5.88. The van der Waals surface area contributed by atoms with Gasteiger partial charge in [-0.05, 0) is 37.1 Å². The molecule has 30 heavy (non-hydrogen) atoms. The molecule has 3 heterocycles. The van der Waals surface area contributed by atoms with E-state index in [1.54, 1.807) is 12.1 Å². The topological polar surface area (TPSA) is 58.6 Å². The van der Waals surface area contributed by atoms with E-state index < -0.39 is 0 Å². The van der Waals surface area contributed by atoms with Gasteiger partial charge in [-0.1, -0.05) is 24.3 Å². The summed E-state index contributed by atoms with van der Waals surface area (Å²) in [5, 5.41) is 11.0. The Kier molecular flexibility index (Phi) is 5.04. The van der Waals surface area contributed by atoms with E-state index in [2.05, 4.69) is 15.1 Å². The van der Waals surface area contributed by atoms with Crippen LogP contribution in [0.5, 0.6) is 0 Å². The van der Waals surface area contributed by atoms with Crippen LogP contribution in [0.15, 0.2) is 48.5 Å². The first kappa shape index (κ1) is 18.9. The quantitative estimate of drug-likeness (QED) is 0.668. The number of piperazine rings is 1. The predicted molar refractivity (Wildman–Crippen MR) is 113 cm³/mol. The predicted octanol–water partition coefficient (Wildman–Crippen LogP) is 3.26. The van der Waals surface area contributed by atoms with Crippen LogP contribution in [0.4, 0.5) is 10.2 Å². The maximum atomic E-state index is 13.3. The number of ether oxygens (including phenoxy) is 1. The number of benzene rings is 2. The number of hydrogen-bond acceptors (Lipinski definition) is 5. The van der Waals surface area contributed by atoms with Crippen LogP contribution in [-0.2, 0) is 9.53 Å². The summed E-state index contributed by atoms with van der Waals surface area (Å²) >= 11 is 0. The highest BCUT2D eigenvalue weighted by atomic mass is 19.1. The molecule has 6 nitrogen and oxygen atoms in total. The number of aromatic nitrogens is 2. The van der Waals surface area contributed by atoms with E-state index in [0.717, 1.165) is 40.7 Å². The van der Waals surface area contributed by atoms with Crippen molar-refractivity contribution in [3.05, 3.63) is 54.3 Å². The molecule has 0 bridgehead atoms. The van der Waals surface area contributed by atoms with Crippen LogP contribution in [0.2, 0.25) is 0 Å². The lowest BCUT2D eigenvalue weighted by atomic mass is 10.0. The van der Waals surface area contributed by atoms with Crippen LogP contribution >= 0.6 is 0 Å². The molecule has 1 aromatic heterocycles. The molecule has 5 rings (SSSR count). The van der Waals surface area contributed by atoms with Crippen LogP contribution in [-0.4, -0.2) is 59.9 Å². The normalized spacial score (nSPS) is 19.4. The summed E-state index contributed by atoms with van der Waals surface area (Å²) in [6.45, 7) is 3.38. The summed E-state index contributed by atoms with van der Waals surface area (Å²) in [7, 11) is 0. The van der Waals surface area contributed by atoms with Crippen LogP contribution in [0, 0.1) is 5.82 Å². The van der Waals surface area contributed by atoms with Gasteiger partial charge >= 0.3 is 0 Å². The number of hydrogen-bond donors (Lipinski definition) is 0. The second-order valence-electron chi connectivity index (χ2n) is 7.74. The Morgan fingerprint density at radius 2 is 1.70 bits per heavy atom. The van der Waals surface area contributed by atoms with Gasteiger partial charge in [0.25, 0.3) is 5.91 Å². The van der Waals surface area contributed by atoms with Gasteiger partial charge in [-0.2, -0.15) is 0 Å². The minimum atomic E-state index is -0.275. The van der Waals surface area contributed by atoms with Crippen molar-refractivity contribution < 1.29 is 13.9 Å². The summed E-state index contributed by atoms with van der Waals surface area (Å²) in [4.78, 5) is 16.7. The fraction of sp³-hybridized carbons (Fsp3) is 0.348. The Hall–Kier alpha value is -3.06. The second-order valence-corrected chi connectivity index (χ2v) is 7.74. The standard InChI is InChI=1S/C23H23FN4O2/c24-17-9-7-16(8-10-17)21-18-4-1-2-5-19(18)22(26-25-21)27-11-13-28(14-12-27)23(29)20-6-3-15-30-20/h1-2,4-5,7-10,20H,3,6,11-15H2/t20-/m0/s1. The molecule has 1 amide bonds. The molecule has 3 aromatic rings. The van der Waals surface area contributed by atoms with E-state index in [4.69, 9.17) is 4.74 Å². The van der Waals surface area contributed by atoms with Crippen molar-refractivity contribution in [2.24, 2.45) is 0 Å². The molecule has 0 saturated carbocycles. The zero-order valence-electron chi connectivity index (χ0n) is 16.6. The molecular formula is C23H23FN4O2. The van der Waals surface area contributed by atoms with Crippen molar-refractivity contribution in [1.29, 1.82) is 0 Å². The molecule has 0 N–H and O–H groups in total. The maximum Gasteiger partial charge on any atom is 0.251 e. The van der Waals surface area contributed by atoms with Crippen molar-refractivity contribution in [2.45, 2.75) is 18.9 Å². The molecule has 0 unspecified atom stereocenters. The number of anilines is 1. The minimum Gasteiger partial charge on any atom is -0.368 e. The van der Waals surface area contributed by atoms with Gasteiger partial charge in [0.15, 0.2) is 5.82 Å². The molecule has 154 valence electrons. The fourth-order valence-electron chi connectivity index (χ4n) is 4.26. The van der Waals surface area contributed by atoms with Crippen molar-refractivity contribution in [3.63, 3.8) is 0 Å². The van der Waals surface area contributed by atoms with Gasteiger partial charge in [0.2, 0.25) is 0 Å². The first-order valence-electron chi connectivity index (χ1n) is 10.4. The molecule has 2 aliphatic rings. The molecule has 1 atom stereocenters. The Bertz CT molecular complexity index is 1060. The number of fused-ring (bicyclic) bond motifs is 1. The fourth-order valence-corrected chi connectivity index (χ4v) is 4.26. The average molecular weight is 406 g/mol. The summed E-state index contributed by atoms with van der Waals surface area (Å²) in [5.74, 6) is 0.651. The monoisotopic (exact) mass is 406 g/mol.